The normalized spacial score (nSPS) is 9.23. The SMILES string of the molecule is C=COCCOc1ccc(O)cc1. The van der Waals surface area contributed by atoms with E-state index in [1.807, 2.05) is 0 Å². The van der Waals surface area contributed by atoms with E-state index in [9.17, 15) is 0 Å². The molecule has 0 saturated carbocycles. The van der Waals surface area contributed by atoms with Gasteiger partial charge in [-0.1, -0.05) is 6.58 Å². The maximum absolute atomic E-state index is 8.97. The highest BCUT2D eigenvalue weighted by Gasteiger charge is 1.92. The van der Waals surface area contributed by atoms with Crippen molar-refractivity contribution in [1.29, 1.82) is 0 Å². The number of hydrogen-bond donors (Lipinski definition) is 1. The first kappa shape index (κ1) is 9.45. The Morgan fingerprint density at radius 1 is 1.23 bits per heavy atom. The molecule has 0 aliphatic carbocycles. The fourth-order valence-corrected chi connectivity index (χ4v) is 0.833. The minimum atomic E-state index is 0.231. The van der Waals surface area contributed by atoms with E-state index in [2.05, 4.69) is 6.58 Å². The summed E-state index contributed by atoms with van der Waals surface area (Å²) in [6, 6.07) is 6.54. The maximum Gasteiger partial charge on any atom is 0.122 e. The molecule has 0 saturated heterocycles. The number of phenolic OH excluding ortho intramolecular Hbond substituents is 1. The van der Waals surface area contributed by atoms with Crippen molar-refractivity contribution >= 4 is 0 Å². The minimum absolute atomic E-state index is 0.231. The Hall–Kier alpha value is -1.64. The molecule has 1 aromatic carbocycles. The van der Waals surface area contributed by atoms with Gasteiger partial charge in [-0.05, 0) is 24.3 Å². The molecule has 0 radical (unpaired) electrons. The largest absolute Gasteiger partial charge is 0.508 e. The smallest absolute Gasteiger partial charge is 0.122 e. The van der Waals surface area contributed by atoms with Gasteiger partial charge < -0.3 is 14.6 Å². The first-order valence-electron chi connectivity index (χ1n) is 3.97. The Kier molecular flexibility index (Phi) is 3.70. The van der Waals surface area contributed by atoms with Gasteiger partial charge in [0, 0.05) is 0 Å². The average Bonchev–Trinajstić information content (AvgIpc) is 2.15. The number of phenols is 1. The van der Waals surface area contributed by atoms with Gasteiger partial charge in [0.05, 0.1) is 6.26 Å². The topological polar surface area (TPSA) is 38.7 Å². The van der Waals surface area contributed by atoms with Crippen molar-refractivity contribution < 1.29 is 14.6 Å². The molecule has 0 unspecified atom stereocenters. The van der Waals surface area contributed by atoms with Crippen LogP contribution in [0.4, 0.5) is 0 Å². The van der Waals surface area contributed by atoms with E-state index in [1.54, 1.807) is 24.3 Å². The highest BCUT2D eigenvalue weighted by atomic mass is 16.5. The zero-order chi connectivity index (χ0) is 9.52. The van der Waals surface area contributed by atoms with Gasteiger partial charge in [-0.25, -0.2) is 0 Å². The van der Waals surface area contributed by atoms with Crippen LogP contribution in [0.15, 0.2) is 37.1 Å². The molecule has 0 spiro atoms. The molecule has 0 aliphatic heterocycles. The Labute approximate surface area is 77.2 Å². The molecule has 3 nitrogen and oxygen atoms in total. The second kappa shape index (κ2) is 5.09. The molecule has 1 rings (SSSR count). The number of aromatic hydroxyl groups is 1. The third-order valence-electron chi connectivity index (χ3n) is 1.42. The lowest BCUT2D eigenvalue weighted by molar-refractivity contribution is 0.179. The summed E-state index contributed by atoms with van der Waals surface area (Å²) < 4.78 is 10.1. The van der Waals surface area contributed by atoms with Crippen LogP contribution in [0.5, 0.6) is 11.5 Å². The van der Waals surface area contributed by atoms with Crippen molar-refractivity contribution in [2.45, 2.75) is 0 Å². The molecule has 0 fully saturated rings. The lowest BCUT2D eigenvalue weighted by atomic mass is 10.3. The van der Waals surface area contributed by atoms with E-state index >= 15 is 0 Å². The van der Waals surface area contributed by atoms with E-state index in [4.69, 9.17) is 14.6 Å². The Morgan fingerprint density at radius 3 is 2.54 bits per heavy atom. The highest BCUT2D eigenvalue weighted by molar-refractivity contribution is 5.29. The molecule has 3 heteroatoms. The van der Waals surface area contributed by atoms with Crippen LogP contribution in [-0.4, -0.2) is 18.3 Å². The van der Waals surface area contributed by atoms with Crippen LogP contribution in [0, 0.1) is 0 Å². The molecule has 0 atom stereocenters. The van der Waals surface area contributed by atoms with E-state index in [0.717, 1.165) is 0 Å². The van der Waals surface area contributed by atoms with Crippen molar-refractivity contribution in [2.24, 2.45) is 0 Å². The third-order valence-corrected chi connectivity index (χ3v) is 1.42. The number of benzene rings is 1. The maximum atomic E-state index is 8.97. The van der Waals surface area contributed by atoms with Gasteiger partial charge >= 0.3 is 0 Å². The zero-order valence-electron chi connectivity index (χ0n) is 7.27. The molecule has 1 aromatic rings. The third kappa shape index (κ3) is 3.51. The standard InChI is InChI=1S/C10H12O3/c1-2-12-7-8-13-10-5-3-9(11)4-6-10/h2-6,11H,1,7-8H2. The number of rotatable bonds is 5. The summed E-state index contributed by atoms with van der Waals surface area (Å²) in [6.45, 7) is 4.35. The van der Waals surface area contributed by atoms with Gasteiger partial charge in [0.1, 0.15) is 24.7 Å². The van der Waals surface area contributed by atoms with E-state index in [0.29, 0.717) is 19.0 Å². The van der Waals surface area contributed by atoms with Crippen molar-refractivity contribution in [2.75, 3.05) is 13.2 Å². The van der Waals surface area contributed by atoms with Gasteiger partial charge in [-0.2, -0.15) is 0 Å². The second-order valence-electron chi connectivity index (χ2n) is 2.38. The number of hydrogen-bond acceptors (Lipinski definition) is 3. The zero-order valence-corrected chi connectivity index (χ0v) is 7.27. The molecule has 0 heterocycles. The predicted molar refractivity (Wildman–Crippen MR) is 49.8 cm³/mol. The van der Waals surface area contributed by atoms with Gasteiger partial charge in [0.25, 0.3) is 0 Å². The van der Waals surface area contributed by atoms with E-state index in [-0.39, 0.29) is 5.75 Å². The highest BCUT2D eigenvalue weighted by Crippen LogP contribution is 2.15. The summed E-state index contributed by atoms with van der Waals surface area (Å²) in [7, 11) is 0. The van der Waals surface area contributed by atoms with Crippen LogP contribution < -0.4 is 4.74 Å². The molecular weight excluding hydrogens is 168 g/mol. The molecular formula is C10H12O3. The van der Waals surface area contributed by atoms with Crippen LogP contribution in [0.1, 0.15) is 0 Å². The average molecular weight is 180 g/mol. The Morgan fingerprint density at radius 2 is 1.92 bits per heavy atom. The molecule has 0 bridgehead atoms. The summed E-state index contributed by atoms with van der Waals surface area (Å²) in [5.41, 5.74) is 0. The van der Waals surface area contributed by atoms with Gasteiger partial charge in [-0.15, -0.1) is 0 Å². The molecule has 1 N–H and O–H groups in total. The van der Waals surface area contributed by atoms with Crippen LogP contribution >= 0.6 is 0 Å². The summed E-state index contributed by atoms with van der Waals surface area (Å²) >= 11 is 0. The second-order valence-corrected chi connectivity index (χ2v) is 2.38. The summed E-state index contributed by atoms with van der Waals surface area (Å²) in [4.78, 5) is 0. The quantitative estimate of drug-likeness (QED) is 0.555. The fraction of sp³-hybridized carbons (Fsp3) is 0.200. The fourth-order valence-electron chi connectivity index (χ4n) is 0.833. The molecule has 70 valence electrons. The van der Waals surface area contributed by atoms with Crippen LogP contribution in [0.2, 0.25) is 0 Å². The summed E-state index contributed by atoms with van der Waals surface area (Å²) in [6.07, 6.45) is 1.38. The molecule has 13 heavy (non-hydrogen) atoms. The van der Waals surface area contributed by atoms with Crippen molar-refractivity contribution in [3.05, 3.63) is 37.1 Å². The van der Waals surface area contributed by atoms with Crippen molar-refractivity contribution in [3.63, 3.8) is 0 Å². The van der Waals surface area contributed by atoms with Crippen molar-refractivity contribution in [3.8, 4) is 11.5 Å². The van der Waals surface area contributed by atoms with Gasteiger partial charge in [-0.3, -0.25) is 0 Å². The lowest BCUT2D eigenvalue weighted by Crippen LogP contribution is -2.03. The van der Waals surface area contributed by atoms with Crippen LogP contribution in [0.3, 0.4) is 0 Å². The van der Waals surface area contributed by atoms with Crippen molar-refractivity contribution in [1.82, 2.24) is 0 Å². The summed E-state index contributed by atoms with van der Waals surface area (Å²) in [5.74, 6) is 0.945. The molecule has 0 aliphatic rings. The molecule has 0 aromatic heterocycles. The Balaban J connectivity index is 2.28. The van der Waals surface area contributed by atoms with Gasteiger partial charge in [0.2, 0.25) is 0 Å². The van der Waals surface area contributed by atoms with Gasteiger partial charge in [0.15, 0.2) is 0 Å². The van der Waals surface area contributed by atoms with Crippen LogP contribution in [0.25, 0.3) is 0 Å². The monoisotopic (exact) mass is 180 g/mol. The number of ether oxygens (including phenoxy) is 2. The minimum Gasteiger partial charge on any atom is -0.508 e. The summed E-state index contributed by atoms with van der Waals surface area (Å²) in [5, 5.41) is 8.97. The first-order chi connectivity index (χ1) is 6.33. The lowest BCUT2D eigenvalue weighted by Gasteiger charge is -2.05. The predicted octanol–water partition coefficient (Wildman–Crippen LogP) is 1.93. The first-order valence-corrected chi connectivity index (χ1v) is 3.97. The van der Waals surface area contributed by atoms with Crippen LogP contribution in [-0.2, 0) is 4.74 Å². The van der Waals surface area contributed by atoms with E-state index in [1.165, 1.54) is 6.26 Å². The van der Waals surface area contributed by atoms with E-state index < -0.39 is 0 Å². The molecule has 0 amide bonds. The Bertz CT molecular complexity index is 253.